The summed E-state index contributed by atoms with van der Waals surface area (Å²) in [4.78, 5) is 26.7. The lowest BCUT2D eigenvalue weighted by Crippen LogP contribution is -2.41. The van der Waals surface area contributed by atoms with Gasteiger partial charge in [0.15, 0.2) is 5.78 Å². The molecule has 0 radical (unpaired) electrons. The van der Waals surface area contributed by atoms with Crippen molar-refractivity contribution in [2.24, 2.45) is 5.92 Å². The number of hydrogen-bond donors (Lipinski definition) is 0. The summed E-state index contributed by atoms with van der Waals surface area (Å²) in [5.74, 6) is 0.954. The van der Waals surface area contributed by atoms with Gasteiger partial charge in [-0.05, 0) is 81.1 Å². The first kappa shape index (κ1) is 27.2. The van der Waals surface area contributed by atoms with Crippen LogP contribution in [-0.4, -0.2) is 49.0 Å². The summed E-state index contributed by atoms with van der Waals surface area (Å²) in [5, 5.41) is 0.610. The molecule has 190 valence electrons. The molecule has 0 bridgehead atoms. The third-order valence-electron chi connectivity index (χ3n) is 6.57. The van der Waals surface area contributed by atoms with Crippen molar-refractivity contribution >= 4 is 23.4 Å². The van der Waals surface area contributed by atoms with Crippen molar-refractivity contribution in [1.29, 1.82) is 0 Å². The summed E-state index contributed by atoms with van der Waals surface area (Å²) in [6.07, 6.45) is 7.76. The maximum atomic E-state index is 12.8. The van der Waals surface area contributed by atoms with E-state index in [0.29, 0.717) is 34.4 Å². The normalized spacial score (nSPS) is 15.5. The van der Waals surface area contributed by atoms with Crippen LogP contribution in [0.3, 0.4) is 0 Å². The fourth-order valence-corrected chi connectivity index (χ4v) is 4.68. The van der Waals surface area contributed by atoms with Crippen LogP contribution in [0.1, 0.15) is 74.7 Å². The maximum Gasteiger partial charge on any atom is 0.302 e. The average molecular weight is 500 g/mol. The van der Waals surface area contributed by atoms with Crippen LogP contribution >= 0.6 is 11.6 Å². The fourth-order valence-electron chi connectivity index (χ4n) is 4.55. The average Bonchev–Trinajstić information content (AvgIpc) is 2.86. The molecule has 35 heavy (non-hydrogen) atoms. The molecule has 5 nitrogen and oxygen atoms in total. The molecule has 3 rings (SSSR count). The standard InChI is InChI=1S/C29H38ClNO4/c1-3-4-5-6-9-28(35-22(2)32)20-31-17-15-23(16-18-31)21-34-27-10-7-8-25(19-27)29(33)24-11-13-26(30)14-12-24/h7-8,10-14,19,23,28H,3-6,9,15-18,20-21H2,1-2H3/t28-/m1/s1. The molecule has 0 aromatic heterocycles. The molecule has 2 aromatic rings. The Bertz CT molecular complexity index is 938. The Labute approximate surface area is 214 Å². The van der Waals surface area contributed by atoms with Crippen LogP contribution < -0.4 is 4.74 Å². The second-order valence-electron chi connectivity index (χ2n) is 9.50. The second-order valence-corrected chi connectivity index (χ2v) is 9.94. The van der Waals surface area contributed by atoms with Crippen molar-refractivity contribution in [3.05, 3.63) is 64.7 Å². The van der Waals surface area contributed by atoms with E-state index < -0.39 is 0 Å². The van der Waals surface area contributed by atoms with Crippen LogP contribution in [0.4, 0.5) is 0 Å². The Morgan fingerprint density at radius 3 is 2.46 bits per heavy atom. The van der Waals surface area contributed by atoms with Gasteiger partial charge in [0.25, 0.3) is 0 Å². The van der Waals surface area contributed by atoms with Gasteiger partial charge >= 0.3 is 5.97 Å². The number of rotatable bonds is 13. The van der Waals surface area contributed by atoms with Crippen LogP contribution in [0, 0.1) is 5.92 Å². The van der Waals surface area contributed by atoms with Gasteiger partial charge in [-0.15, -0.1) is 0 Å². The van der Waals surface area contributed by atoms with Gasteiger partial charge in [-0.2, -0.15) is 0 Å². The van der Waals surface area contributed by atoms with E-state index in [1.165, 1.54) is 26.2 Å². The van der Waals surface area contributed by atoms with Crippen molar-refractivity contribution in [2.45, 2.75) is 64.9 Å². The summed E-state index contributed by atoms with van der Waals surface area (Å²) in [6.45, 7) is 7.12. The first-order chi connectivity index (χ1) is 16.9. The minimum absolute atomic E-state index is 0.0157. The summed E-state index contributed by atoms with van der Waals surface area (Å²) >= 11 is 5.93. The highest BCUT2D eigenvalue weighted by Crippen LogP contribution is 2.23. The van der Waals surface area contributed by atoms with Crippen molar-refractivity contribution in [3.63, 3.8) is 0 Å². The smallest absolute Gasteiger partial charge is 0.302 e. The number of carbonyl (C=O) groups excluding carboxylic acids is 2. The van der Waals surface area contributed by atoms with Crippen molar-refractivity contribution in [1.82, 2.24) is 4.90 Å². The predicted molar refractivity (Wildman–Crippen MR) is 140 cm³/mol. The summed E-state index contributed by atoms with van der Waals surface area (Å²) < 4.78 is 11.7. The van der Waals surface area contributed by atoms with E-state index >= 15 is 0 Å². The van der Waals surface area contributed by atoms with Crippen molar-refractivity contribution in [2.75, 3.05) is 26.2 Å². The number of ether oxygens (including phenoxy) is 2. The quantitative estimate of drug-likeness (QED) is 0.177. The van der Waals surface area contributed by atoms with E-state index in [-0.39, 0.29) is 17.9 Å². The highest BCUT2D eigenvalue weighted by molar-refractivity contribution is 6.30. The molecular weight excluding hydrogens is 462 g/mol. The highest BCUT2D eigenvalue weighted by atomic mass is 35.5. The van der Waals surface area contributed by atoms with E-state index in [4.69, 9.17) is 21.1 Å². The van der Waals surface area contributed by atoms with E-state index in [1.54, 1.807) is 24.3 Å². The largest absolute Gasteiger partial charge is 0.493 e. The van der Waals surface area contributed by atoms with Crippen LogP contribution in [0.15, 0.2) is 48.5 Å². The number of esters is 1. The molecule has 1 fully saturated rings. The molecule has 1 aliphatic heterocycles. The Hall–Kier alpha value is -2.37. The molecule has 6 heteroatoms. The van der Waals surface area contributed by atoms with Gasteiger partial charge in [-0.1, -0.05) is 49.9 Å². The molecule has 0 N–H and O–H groups in total. The van der Waals surface area contributed by atoms with Gasteiger partial charge in [0, 0.05) is 29.6 Å². The molecule has 1 aliphatic rings. The third kappa shape index (κ3) is 9.30. The van der Waals surface area contributed by atoms with Crippen LogP contribution in [0.5, 0.6) is 5.75 Å². The molecule has 0 spiro atoms. The number of likely N-dealkylation sites (tertiary alicyclic amines) is 1. The number of ketones is 1. The molecule has 1 heterocycles. The number of piperidine rings is 1. The zero-order chi connectivity index (χ0) is 25.0. The molecule has 0 unspecified atom stereocenters. The number of unbranched alkanes of at least 4 members (excludes halogenated alkanes) is 3. The van der Waals surface area contributed by atoms with Gasteiger partial charge in [0.05, 0.1) is 6.61 Å². The van der Waals surface area contributed by atoms with Gasteiger partial charge in [0.1, 0.15) is 11.9 Å². The maximum absolute atomic E-state index is 12.8. The molecule has 0 amide bonds. The lowest BCUT2D eigenvalue weighted by molar-refractivity contribution is -0.147. The Morgan fingerprint density at radius 1 is 1.03 bits per heavy atom. The van der Waals surface area contributed by atoms with Crippen molar-refractivity contribution in [3.8, 4) is 5.75 Å². The monoisotopic (exact) mass is 499 g/mol. The topological polar surface area (TPSA) is 55.8 Å². The molecule has 1 saturated heterocycles. The number of benzene rings is 2. The minimum Gasteiger partial charge on any atom is -0.493 e. The van der Waals surface area contributed by atoms with Crippen LogP contribution in [0.2, 0.25) is 5.02 Å². The summed E-state index contributed by atoms with van der Waals surface area (Å²) in [7, 11) is 0. The SMILES string of the molecule is CCCCCC[C@H](CN1CCC(COc2cccc(C(=O)c3ccc(Cl)cc3)c2)CC1)OC(C)=O. The van der Waals surface area contributed by atoms with Gasteiger partial charge in [-0.25, -0.2) is 0 Å². The summed E-state index contributed by atoms with van der Waals surface area (Å²) in [5.41, 5.74) is 1.21. The van der Waals surface area contributed by atoms with E-state index in [9.17, 15) is 9.59 Å². The number of hydrogen-bond acceptors (Lipinski definition) is 5. The van der Waals surface area contributed by atoms with E-state index in [1.807, 2.05) is 24.3 Å². The van der Waals surface area contributed by atoms with Crippen LogP contribution in [-0.2, 0) is 9.53 Å². The number of nitrogens with zero attached hydrogens (tertiary/aromatic N) is 1. The fraction of sp³-hybridized carbons (Fsp3) is 0.517. The second kappa shape index (κ2) is 14.3. The highest BCUT2D eigenvalue weighted by Gasteiger charge is 2.23. The first-order valence-electron chi connectivity index (χ1n) is 12.9. The zero-order valence-electron chi connectivity index (χ0n) is 21.0. The molecule has 0 saturated carbocycles. The Kier molecular flexibility index (Phi) is 11.1. The Morgan fingerprint density at radius 2 is 1.77 bits per heavy atom. The lowest BCUT2D eigenvalue weighted by Gasteiger charge is -2.34. The first-order valence-corrected chi connectivity index (χ1v) is 13.2. The van der Waals surface area contributed by atoms with Gasteiger partial charge in [-0.3, -0.25) is 14.5 Å². The van der Waals surface area contributed by atoms with Gasteiger partial charge in [0.2, 0.25) is 0 Å². The molecule has 2 aromatic carbocycles. The number of carbonyl (C=O) groups is 2. The predicted octanol–water partition coefficient (Wildman–Crippen LogP) is 6.56. The number of halogens is 1. The summed E-state index contributed by atoms with van der Waals surface area (Å²) in [6, 6.07) is 14.3. The Balaban J connectivity index is 1.44. The lowest BCUT2D eigenvalue weighted by atomic mass is 9.97. The zero-order valence-corrected chi connectivity index (χ0v) is 21.8. The van der Waals surface area contributed by atoms with E-state index in [2.05, 4.69) is 11.8 Å². The van der Waals surface area contributed by atoms with Gasteiger partial charge < -0.3 is 9.47 Å². The third-order valence-corrected chi connectivity index (χ3v) is 6.82. The van der Waals surface area contributed by atoms with Crippen molar-refractivity contribution < 1.29 is 19.1 Å². The molecule has 0 aliphatic carbocycles. The molecule has 1 atom stereocenters. The van der Waals surface area contributed by atoms with Crippen LogP contribution in [0.25, 0.3) is 0 Å². The molecular formula is C29H38ClNO4. The van der Waals surface area contributed by atoms with E-state index in [0.717, 1.165) is 45.3 Å². The minimum atomic E-state index is -0.189.